The van der Waals surface area contributed by atoms with Gasteiger partial charge in [-0.05, 0) is 18.2 Å². The van der Waals surface area contributed by atoms with Gasteiger partial charge in [-0.15, -0.1) is 0 Å². The Morgan fingerprint density at radius 3 is 2.65 bits per heavy atom. The van der Waals surface area contributed by atoms with Crippen LogP contribution in [-0.2, 0) is 10.3 Å². The molecule has 0 fully saturated rings. The van der Waals surface area contributed by atoms with Crippen molar-refractivity contribution in [2.24, 2.45) is 0 Å². The fourth-order valence-electron chi connectivity index (χ4n) is 1.62. The minimum Gasteiger partial charge on any atom is -0.543 e. The van der Waals surface area contributed by atoms with E-state index >= 15 is 0 Å². The van der Waals surface area contributed by atoms with Crippen LogP contribution >= 0.6 is 0 Å². The molecule has 92 valence electrons. The summed E-state index contributed by atoms with van der Waals surface area (Å²) in [6.07, 6.45) is 0.812. The van der Waals surface area contributed by atoms with Crippen molar-refractivity contribution in [3.63, 3.8) is 0 Å². The lowest BCUT2D eigenvalue weighted by atomic mass is 9.93. The van der Waals surface area contributed by atoms with Gasteiger partial charge in [0.25, 0.3) is 0 Å². The Labute approximate surface area is 99.1 Å². The molecule has 1 heterocycles. The predicted octanol–water partition coefficient (Wildman–Crippen LogP) is -0.945. The number of ether oxygens (including phenoxy) is 2. The molecule has 0 spiro atoms. The molecule has 1 aromatic rings. The average Bonchev–Trinajstić information content (AvgIpc) is 2.52. The summed E-state index contributed by atoms with van der Waals surface area (Å²) in [5.41, 5.74) is 2.91. The standard InChI is InChI=1S/C12H15NO4/c1-12(13,11(14)15)8-3-4-9-10(7-8)17-6-2-5-16-9/h3-4,7H,2,5-6,13H2,1H3,(H,14,15)/t12-/m1/s1. The smallest absolute Gasteiger partial charge is 0.161 e. The SMILES string of the molecule is C[C@]([NH3+])(C(=O)[O-])c1ccc2c(c1)OCCCO2. The Hall–Kier alpha value is -1.75. The van der Waals surface area contributed by atoms with Gasteiger partial charge in [-0.1, -0.05) is 0 Å². The minimum absolute atomic E-state index is 0.543. The van der Waals surface area contributed by atoms with Crippen molar-refractivity contribution in [1.82, 2.24) is 0 Å². The molecule has 1 atom stereocenters. The van der Waals surface area contributed by atoms with Crippen molar-refractivity contribution < 1.29 is 25.1 Å². The largest absolute Gasteiger partial charge is 0.543 e. The van der Waals surface area contributed by atoms with E-state index in [0.29, 0.717) is 30.3 Å². The Morgan fingerprint density at radius 2 is 2.00 bits per heavy atom. The molecule has 0 saturated heterocycles. The first kappa shape index (κ1) is 11.7. The van der Waals surface area contributed by atoms with Crippen LogP contribution in [0.1, 0.15) is 18.9 Å². The zero-order valence-electron chi connectivity index (χ0n) is 9.69. The highest BCUT2D eigenvalue weighted by Crippen LogP contribution is 2.32. The molecular formula is C12H15NO4. The topological polar surface area (TPSA) is 86.2 Å². The van der Waals surface area contributed by atoms with Crippen LogP contribution in [0.15, 0.2) is 18.2 Å². The molecule has 1 aliphatic heterocycles. The summed E-state index contributed by atoms with van der Waals surface area (Å²) in [6.45, 7) is 2.67. The molecule has 0 saturated carbocycles. The van der Waals surface area contributed by atoms with Gasteiger partial charge in [0.05, 0.1) is 13.2 Å². The Morgan fingerprint density at radius 1 is 1.35 bits per heavy atom. The van der Waals surface area contributed by atoms with Gasteiger partial charge < -0.3 is 25.1 Å². The number of carboxylic acids is 1. The van der Waals surface area contributed by atoms with Gasteiger partial charge in [0.2, 0.25) is 0 Å². The van der Waals surface area contributed by atoms with E-state index in [0.717, 1.165) is 6.42 Å². The van der Waals surface area contributed by atoms with Gasteiger partial charge in [-0.3, -0.25) is 0 Å². The molecule has 5 nitrogen and oxygen atoms in total. The van der Waals surface area contributed by atoms with Crippen LogP contribution in [0, 0.1) is 0 Å². The van der Waals surface area contributed by atoms with E-state index in [9.17, 15) is 9.90 Å². The highest BCUT2D eigenvalue weighted by Gasteiger charge is 2.28. The maximum atomic E-state index is 11.0. The number of carbonyl (C=O) groups excluding carboxylic acids is 1. The number of rotatable bonds is 2. The van der Waals surface area contributed by atoms with Crippen LogP contribution in [-0.4, -0.2) is 19.2 Å². The van der Waals surface area contributed by atoms with E-state index in [2.05, 4.69) is 5.73 Å². The molecule has 1 aromatic carbocycles. The van der Waals surface area contributed by atoms with Crippen molar-refractivity contribution in [3.8, 4) is 11.5 Å². The van der Waals surface area contributed by atoms with E-state index in [1.165, 1.54) is 6.92 Å². The third-order valence-corrected chi connectivity index (χ3v) is 2.84. The molecule has 0 radical (unpaired) electrons. The summed E-state index contributed by atoms with van der Waals surface area (Å²) in [6, 6.07) is 5.04. The molecule has 1 aliphatic rings. The maximum Gasteiger partial charge on any atom is 0.161 e. The Kier molecular flexibility index (Phi) is 2.93. The van der Waals surface area contributed by atoms with Gasteiger partial charge in [-0.25, -0.2) is 0 Å². The average molecular weight is 237 g/mol. The van der Waals surface area contributed by atoms with Crippen LogP contribution in [0.2, 0.25) is 0 Å². The predicted molar refractivity (Wildman–Crippen MR) is 57.3 cm³/mol. The molecule has 0 aliphatic carbocycles. The Bertz CT molecular complexity index is 442. The molecule has 3 N–H and O–H groups in total. The quantitative estimate of drug-likeness (QED) is 0.719. The number of carboxylic acid groups (broad SMARTS) is 1. The van der Waals surface area contributed by atoms with Gasteiger partial charge in [0.1, 0.15) is 5.97 Å². The number of benzene rings is 1. The van der Waals surface area contributed by atoms with Crippen LogP contribution in [0.25, 0.3) is 0 Å². The van der Waals surface area contributed by atoms with E-state index in [-0.39, 0.29) is 0 Å². The number of quaternary nitrogens is 1. The Balaban J connectivity index is 2.39. The van der Waals surface area contributed by atoms with E-state index < -0.39 is 11.5 Å². The summed E-state index contributed by atoms with van der Waals surface area (Å²) in [5.74, 6) is -0.0106. The molecule has 5 heteroatoms. The van der Waals surface area contributed by atoms with E-state index in [4.69, 9.17) is 9.47 Å². The monoisotopic (exact) mass is 237 g/mol. The fourth-order valence-corrected chi connectivity index (χ4v) is 1.62. The fraction of sp³-hybridized carbons (Fsp3) is 0.417. The molecule has 0 amide bonds. The number of fused-ring (bicyclic) bond motifs is 1. The van der Waals surface area contributed by atoms with E-state index in [1.807, 2.05) is 0 Å². The highest BCUT2D eigenvalue weighted by molar-refractivity contribution is 5.76. The number of hydrogen-bond donors (Lipinski definition) is 1. The maximum absolute atomic E-state index is 11.0. The lowest BCUT2D eigenvalue weighted by Crippen LogP contribution is -2.75. The first-order chi connectivity index (χ1) is 8.01. The van der Waals surface area contributed by atoms with Crippen LogP contribution in [0.5, 0.6) is 11.5 Å². The zero-order valence-corrected chi connectivity index (χ0v) is 9.69. The minimum atomic E-state index is -1.29. The van der Waals surface area contributed by atoms with E-state index in [1.54, 1.807) is 18.2 Å². The van der Waals surface area contributed by atoms with Crippen molar-refractivity contribution in [1.29, 1.82) is 0 Å². The molecular weight excluding hydrogens is 222 g/mol. The molecule has 17 heavy (non-hydrogen) atoms. The molecule has 0 aromatic heterocycles. The summed E-state index contributed by atoms with van der Waals surface area (Å²) in [4.78, 5) is 11.0. The third-order valence-electron chi connectivity index (χ3n) is 2.84. The van der Waals surface area contributed by atoms with Gasteiger partial charge in [0.15, 0.2) is 17.0 Å². The second-order valence-corrected chi connectivity index (χ2v) is 4.33. The van der Waals surface area contributed by atoms with Crippen LogP contribution in [0.3, 0.4) is 0 Å². The second-order valence-electron chi connectivity index (χ2n) is 4.33. The van der Waals surface area contributed by atoms with Crippen LogP contribution in [0.4, 0.5) is 0 Å². The zero-order chi connectivity index (χ0) is 12.5. The lowest BCUT2D eigenvalue weighted by molar-refractivity contribution is -0.489. The van der Waals surface area contributed by atoms with Crippen LogP contribution < -0.4 is 20.3 Å². The summed E-state index contributed by atoms with van der Waals surface area (Å²) >= 11 is 0. The highest BCUT2D eigenvalue weighted by atomic mass is 16.5. The van der Waals surface area contributed by atoms with Gasteiger partial charge >= 0.3 is 0 Å². The summed E-state index contributed by atoms with van der Waals surface area (Å²) in [7, 11) is 0. The molecule has 0 unspecified atom stereocenters. The summed E-state index contributed by atoms with van der Waals surface area (Å²) < 4.78 is 11.0. The van der Waals surface area contributed by atoms with Crippen molar-refractivity contribution >= 4 is 5.97 Å². The number of carbonyl (C=O) groups is 1. The molecule has 0 bridgehead atoms. The first-order valence-corrected chi connectivity index (χ1v) is 5.49. The molecule has 2 rings (SSSR count). The number of hydrogen-bond acceptors (Lipinski definition) is 4. The van der Waals surface area contributed by atoms with Crippen molar-refractivity contribution in [2.45, 2.75) is 18.9 Å². The van der Waals surface area contributed by atoms with Crippen molar-refractivity contribution in [3.05, 3.63) is 23.8 Å². The number of aliphatic carboxylic acids is 1. The van der Waals surface area contributed by atoms with Gasteiger partial charge in [-0.2, -0.15) is 0 Å². The first-order valence-electron chi connectivity index (χ1n) is 5.49. The second kappa shape index (κ2) is 4.25. The normalized spacial score (nSPS) is 18.0. The van der Waals surface area contributed by atoms with Crippen molar-refractivity contribution in [2.75, 3.05) is 13.2 Å². The summed E-state index contributed by atoms with van der Waals surface area (Å²) in [5, 5.41) is 11.0. The third kappa shape index (κ3) is 2.19. The lowest BCUT2D eigenvalue weighted by Gasteiger charge is -2.23. The van der Waals surface area contributed by atoms with Gasteiger partial charge in [0, 0.05) is 18.9 Å².